The predicted molar refractivity (Wildman–Crippen MR) is 98.9 cm³/mol. The summed E-state index contributed by atoms with van der Waals surface area (Å²) in [4.78, 5) is 28.1. The number of benzene rings is 1. The van der Waals surface area contributed by atoms with Gasteiger partial charge in [-0.3, -0.25) is 4.79 Å². The van der Waals surface area contributed by atoms with E-state index in [4.69, 9.17) is 9.26 Å². The topological polar surface area (TPSA) is 87.9 Å². The van der Waals surface area contributed by atoms with E-state index in [1.165, 1.54) is 4.90 Å². The van der Waals surface area contributed by atoms with Crippen molar-refractivity contribution in [3.05, 3.63) is 35.7 Å². The van der Waals surface area contributed by atoms with E-state index in [0.717, 1.165) is 30.7 Å². The fraction of sp³-hybridized carbons (Fsp3) is 0.421. The van der Waals surface area contributed by atoms with Crippen LogP contribution in [0.2, 0.25) is 0 Å². The van der Waals surface area contributed by atoms with E-state index in [1.807, 2.05) is 13.0 Å². The number of likely N-dealkylation sites (N-methyl/N-ethyl adjacent to an activating group) is 1. The van der Waals surface area contributed by atoms with Gasteiger partial charge in [-0.05, 0) is 44.4 Å². The average molecular weight is 370 g/mol. The first-order valence-corrected chi connectivity index (χ1v) is 9.07. The van der Waals surface area contributed by atoms with Gasteiger partial charge in [0.1, 0.15) is 17.2 Å². The number of anilines is 2. The van der Waals surface area contributed by atoms with Gasteiger partial charge in [-0.2, -0.15) is 0 Å². The molecule has 1 unspecified atom stereocenters. The summed E-state index contributed by atoms with van der Waals surface area (Å²) in [5.41, 5.74) is 2.04. The Kier molecular flexibility index (Phi) is 4.47. The first-order valence-electron chi connectivity index (χ1n) is 9.07. The zero-order chi connectivity index (χ0) is 19.0. The Morgan fingerprint density at radius 1 is 1.30 bits per heavy atom. The van der Waals surface area contributed by atoms with Crippen LogP contribution in [-0.2, 0) is 4.79 Å². The Labute approximate surface area is 157 Å². The van der Waals surface area contributed by atoms with Crippen molar-refractivity contribution in [2.45, 2.75) is 32.2 Å². The maximum atomic E-state index is 12.9. The number of ether oxygens (including phenoxy) is 1. The van der Waals surface area contributed by atoms with E-state index in [0.29, 0.717) is 23.7 Å². The predicted octanol–water partition coefficient (Wildman–Crippen LogP) is 3.10. The Balaban J connectivity index is 1.53. The van der Waals surface area contributed by atoms with Gasteiger partial charge in [-0.25, -0.2) is 4.79 Å². The molecule has 4 rings (SSSR count). The van der Waals surface area contributed by atoms with E-state index in [2.05, 4.69) is 10.5 Å². The number of amides is 3. The van der Waals surface area contributed by atoms with Crippen LogP contribution in [0.4, 0.5) is 16.2 Å². The van der Waals surface area contributed by atoms with Gasteiger partial charge in [0.2, 0.25) is 0 Å². The molecule has 2 aliphatic heterocycles. The number of hydrogen-bond donors (Lipinski definition) is 1. The SMILES string of the molecule is Cc1cc(C2CCCCN2C(=O)Nc2ccc3c(c2)N(C)C(=O)CO3)no1. The molecule has 0 radical (unpaired) electrons. The standard InChI is InChI=1S/C19H22N4O4/c1-12-9-14(21-27-12)15-5-3-4-8-23(15)19(25)20-13-6-7-17-16(10-13)22(2)18(24)11-26-17/h6-7,9-10,15H,3-5,8,11H2,1-2H3,(H,20,25). The number of urea groups is 1. The average Bonchev–Trinajstić information content (AvgIpc) is 3.11. The van der Waals surface area contributed by atoms with Crippen LogP contribution in [0.15, 0.2) is 28.8 Å². The quantitative estimate of drug-likeness (QED) is 0.878. The van der Waals surface area contributed by atoms with E-state index in [1.54, 1.807) is 30.1 Å². The van der Waals surface area contributed by atoms with Gasteiger partial charge in [0.15, 0.2) is 6.61 Å². The highest BCUT2D eigenvalue weighted by molar-refractivity contribution is 5.99. The third-order valence-corrected chi connectivity index (χ3v) is 5.05. The van der Waals surface area contributed by atoms with E-state index < -0.39 is 0 Å². The molecule has 1 N–H and O–H groups in total. The van der Waals surface area contributed by atoms with E-state index in [9.17, 15) is 9.59 Å². The highest BCUT2D eigenvalue weighted by Gasteiger charge is 2.30. The molecule has 1 fully saturated rings. The number of piperidine rings is 1. The number of carbonyl (C=O) groups is 2. The monoisotopic (exact) mass is 370 g/mol. The van der Waals surface area contributed by atoms with Gasteiger partial charge >= 0.3 is 6.03 Å². The summed E-state index contributed by atoms with van der Waals surface area (Å²) in [6.45, 7) is 2.54. The largest absolute Gasteiger partial charge is 0.482 e. The Morgan fingerprint density at radius 2 is 2.15 bits per heavy atom. The maximum absolute atomic E-state index is 12.9. The second kappa shape index (κ2) is 6.94. The number of likely N-dealkylation sites (tertiary alicyclic amines) is 1. The van der Waals surface area contributed by atoms with Crippen molar-refractivity contribution in [1.29, 1.82) is 0 Å². The van der Waals surface area contributed by atoms with Gasteiger partial charge in [0, 0.05) is 25.3 Å². The van der Waals surface area contributed by atoms with Crippen molar-refractivity contribution in [1.82, 2.24) is 10.1 Å². The molecular weight excluding hydrogens is 348 g/mol. The number of aryl methyl sites for hydroxylation is 1. The van der Waals surface area contributed by atoms with Crippen LogP contribution in [-0.4, -0.2) is 42.2 Å². The minimum atomic E-state index is -0.189. The van der Waals surface area contributed by atoms with Crippen LogP contribution in [0, 0.1) is 6.92 Å². The normalized spacial score (nSPS) is 19.5. The first kappa shape index (κ1) is 17.4. The van der Waals surface area contributed by atoms with Crippen molar-refractivity contribution in [3.63, 3.8) is 0 Å². The van der Waals surface area contributed by atoms with Crippen molar-refractivity contribution < 1.29 is 18.8 Å². The van der Waals surface area contributed by atoms with Gasteiger partial charge in [-0.1, -0.05) is 5.16 Å². The van der Waals surface area contributed by atoms with Gasteiger partial charge in [0.25, 0.3) is 5.91 Å². The molecule has 8 nitrogen and oxygen atoms in total. The highest BCUT2D eigenvalue weighted by Crippen LogP contribution is 2.35. The lowest BCUT2D eigenvalue weighted by Gasteiger charge is -2.34. The summed E-state index contributed by atoms with van der Waals surface area (Å²) in [7, 11) is 1.70. The van der Waals surface area contributed by atoms with Crippen LogP contribution in [0.25, 0.3) is 0 Å². The van der Waals surface area contributed by atoms with Gasteiger partial charge < -0.3 is 24.4 Å². The van der Waals surface area contributed by atoms with E-state index in [-0.39, 0.29) is 24.6 Å². The smallest absolute Gasteiger partial charge is 0.322 e. The third kappa shape index (κ3) is 3.34. The summed E-state index contributed by atoms with van der Waals surface area (Å²) in [5.74, 6) is 1.24. The van der Waals surface area contributed by atoms with Gasteiger partial charge in [-0.15, -0.1) is 0 Å². The highest BCUT2D eigenvalue weighted by atomic mass is 16.5. The van der Waals surface area contributed by atoms with Crippen molar-refractivity contribution in [3.8, 4) is 5.75 Å². The lowest BCUT2D eigenvalue weighted by Crippen LogP contribution is -2.41. The molecule has 0 bridgehead atoms. The van der Waals surface area contributed by atoms with Crippen LogP contribution in [0.5, 0.6) is 5.75 Å². The summed E-state index contributed by atoms with van der Waals surface area (Å²) in [6, 6.07) is 6.89. The molecule has 1 aromatic heterocycles. The molecule has 0 spiro atoms. The molecule has 3 amide bonds. The van der Waals surface area contributed by atoms with Crippen LogP contribution < -0.4 is 15.0 Å². The molecule has 0 saturated carbocycles. The van der Waals surface area contributed by atoms with Crippen LogP contribution in [0.3, 0.4) is 0 Å². The summed E-state index contributed by atoms with van der Waals surface area (Å²) >= 11 is 0. The van der Waals surface area contributed by atoms with Crippen LogP contribution >= 0.6 is 0 Å². The molecule has 27 heavy (non-hydrogen) atoms. The molecule has 1 atom stereocenters. The minimum Gasteiger partial charge on any atom is -0.482 e. The van der Waals surface area contributed by atoms with Gasteiger partial charge in [0.05, 0.1) is 11.7 Å². The number of rotatable bonds is 2. The molecule has 8 heteroatoms. The second-order valence-corrected chi connectivity index (χ2v) is 6.92. The number of nitrogens with one attached hydrogen (secondary N) is 1. The molecule has 2 aliphatic rings. The molecule has 1 saturated heterocycles. The number of nitrogens with zero attached hydrogens (tertiary/aromatic N) is 3. The van der Waals surface area contributed by atoms with Crippen LogP contribution in [0.1, 0.15) is 36.8 Å². The zero-order valence-electron chi connectivity index (χ0n) is 15.4. The Morgan fingerprint density at radius 3 is 2.93 bits per heavy atom. The minimum absolute atomic E-state index is 0.0295. The summed E-state index contributed by atoms with van der Waals surface area (Å²) < 4.78 is 10.6. The van der Waals surface area contributed by atoms with Crippen molar-refractivity contribution in [2.75, 3.05) is 30.4 Å². The molecule has 1 aromatic carbocycles. The Hall–Kier alpha value is -3.03. The number of aromatic nitrogens is 1. The zero-order valence-corrected chi connectivity index (χ0v) is 15.4. The molecule has 2 aromatic rings. The molecular formula is C19H22N4O4. The first-order chi connectivity index (χ1) is 13.0. The maximum Gasteiger partial charge on any atom is 0.322 e. The number of carbonyl (C=O) groups excluding carboxylic acids is 2. The number of hydrogen-bond acceptors (Lipinski definition) is 5. The molecule has 142 valence electrons. The summed E-state index contributed by atoms with van der Waals surface area (Å²) in [5, 5.41) is 7.04. The lowest BCUT2D eigenvalue weighted by atomic mass is 9.99. The number of fused-ring (bicyclic) bond motifs is 1. The van der Waals surface area contributed by atoms with Crippen molar-refractivity contribution in [2.24, 2.45) is 0 Å². The van der Waals surface area contributed by atoms with E-state index >= 15 is 0 Å². The second-order valence-electron chi connectivity index (χ2n) is 6.92. The molecule has 0 aliphatic carbocycles. The Bertz CT molecular complexity index is 878. The lowest BCUT2D eigenvalue weighted by molar-refractivity contribution is -0.120. The third-order valence-electron chi connectivity index (χ3n) is 5.05. The summed E-state index contributed by atoms with van der Waals surface area (Å²) in [6.07, 6.45) is 2.86. The fourth-order valence-corrected chi connectivity index (χ4v) is 3.57. The molecule has 3 heterocycles. The van der Waals surface area contributed by atoms with Crippen molar-refractivity contribution >= 4 is 23.3 Å². The fourth-order valence-electron chi connectivity index (χ4n) is 3.57.